The quantitative estimate of drug-likeness (QED) is 0.425. The van der Waals surface area contributed by atoms with Gasteiger partial charge in [-0.3, -0.25) is 4.90 Å². The molecule has 0 radical (unpaired) electrons. The minimum absolute atomic E-state index is 0.747. The summed E-state index contributed by atoms with van der Waals surface area (Å²) < 4.78 is 12.0. The molecule has 2 heterocycles. The van der Waals surface area contributed by atoms with Crippen LogP contribution in [0.1, 0.15) is 22.5 Å². The second-order valence-electron chi connectivity index (χ2n) is 6.18. The number of nitrogens with zero attached hydrogens (tertiary/aromatic N) is 1. The zero-order chi connectivity index (χ0) is 16.1. The molecular weight excluding hydrogens is 286 g/mol. The molecule has 3 heteroatoms. The summed E-state index contributed by atoms with van der Waals surface area (Å²) in [5.74, 6) is 3.20. The number of benzene rings is 2. The standard InChI is InChI=1S/C20H19NO2/c1-12-9-13(2)19(14(3)10-12)21-16-7-5-6-8-17(16)23-18-11-15(4)22-20(18)21/h5-11H,1-4H3. The molecular formula is C20H19NO2. The van der Waals surface area contributed by atoms with Crippen LogP contribution in [0.5, 0.6) is 11.5 Å². The first-order chi connectivity index (χ1) is 11.0. The van der Waals surface area contributed by atoms with Gasteiger partial charge in [0, 0.05) is 6.07 Å². The fourth-order valence-electron chi connectivity index (χ4n) is 3.41. The Morgan fingerprint density at radius 1 is 0.826 bits per heavy atom. The number of rotatable bonds is 1. The molecule has 3 nitrogen and oxygen atoms in total. The van der Waals surface area contributed by atoms with E-state index in [0.29, 0.717) is 0 Å². The molecule has 1 aliphatic rings. The molecule has 0 fully saturated rings. The number of fused-ring (bicyclic) bond motifs is 2. The molecule has 0 spiro atoms. The summed E-state index contributed by atoms with van der Waals surface area (Å²) in [4.78, 5) is 2.17. The summed E-state index contributed by atoms with van der Waals surface area (Å²) in [6.07, 6.45) is 0. The second-order valence-corrected chi connectivity index (χ2v) is 6.18. The third-order valence-corrected chi connectivity index (χ3v) is 4.19. The van der Waals surface area contributed by atoms with E-state index in [1.165, 1.54) is 16.7 Å². The first-order valence-corrected chi connectivity index (χ1v) is 7.80. The summed E-state index contributed by atoms with van der Waals surface area (Å²) >= 11 is 0. The van der Waals surface area contributed by atoms with Gasteiger partial charge in [-0.2, -0.15) is 0 Å². The number of aryl methyl sites for hydroxylation is 4. The van der Waals surface area contributed by atoms with Crippen molar-refractivity contribution in [3.05, 3.63) is 64.9 Å². The smallest absolute Gasteiger partial charge is 0.248 e. The maximum absolute atomic E-state index is 6.02. The predicted molar refractivity (Wildman–Crippen MR) is 92.4 cm³/mol. The number of furan rings is 1. The molecule has 0 bridgehead atoms. The van der Waals surface area contributed by atoms with E-state index in [9.17, 15) is 0 Å². The van der Waals surface area contributed by atoms with Crippen LogP contribution < -0.4 is 9.64 Å². The molecule has 116 valence electrons. The van der Waals surface area contributed by atoms with E-state index in [1.807, 2.05) is 31.2 Å². The Balaban J connectivity index is 2.02. The lowest BCUT2D eigenvalue weighted by Gasteiger charge is -2.31. The maximum Gasteiger partial charge on any atom is 0.248 e. The fourth-order valence-corrected chi connectivity index (χ4v) is 3.41. The average Bonchev–Trinajstić information content (AvgIpc) is 2.85. The van der Waals surface area contributed by atoms with Gasteiger partial charge in [0.25, 0.3) is 0 Å². The van der Waals surface area contributed by atoms with Crippen LogP contribution in [0.3, 0.4) is 0 Å². The molecule has 0 atom stereocenters. The Hall–Kier alpha value is -2.68. The van der Waals surface area contributed by atoms with E-state index >= 15 is 0 Å². The van der Waals surface area contributed by atoms with Crippen molar-refractivity contribution >= 4 is 17.3 Å². The van der Waals surface area contributed by atoms with Crippen molar-refractivity contribution in [3.63, 3.8) is 0 Å². The van der Waals surface area contributed by atoms with Crippen LogP contribution in [0, 0.1) is 27.7 Å². The molecule has 1 aromatic heterocycles. The van der Waals surface area contributed by atoms with Crippen molar-refractivity contribution in [1.82, 2.24) is 0 Å². The van der Waals surface area contributed by atoms with Crippen LogP contribution in [0.2, 0.25) is 0 Å². The van der Waals surface area contributed by atoms with Crippen molar-refractivity contribution in [2.75, 3.05) is 4.90 Å². The minimum Gasteiger partial charge on any atom is -0.449 e. The Morgan fingerprint density at radius 2 is 1.52 bits per heavy atom. The number of hydrogen-bond donors (Lipinski definition) is 0. The maximum atomic E-state index is 6.02. The lowest BCUT2D eigenvalue weighted by molar-refractivity contribution is 0.454. The van der Waals surface area contributed by atoms with Gasteiger partial charge >= 0.3 is 0 Å². The van der Waals surface area contributed by atoms with Gasteiger partial charge in [-0.05, 0) is 51.0 Å². The lowest BCUT2D eigenvalue weighted by Crippen LogP contribution is -2.16. The Morgan fingerprint density at radius 3 is 2.26 bits per heavy atom. The van der Waals surface area contributed by atoms with E-state index in [0.717, 1.165) is 34.5 Å². The molecule has 0 saturated heterocycles. The molecule has 0 N–H and O–H groups in total. The van der Waals surface area contributed by atoms with Crippen molar-refractivity contribution in [2.24, 2.45) is 0 Å². The van der Waals surface area contributed by atoms with Gasteiger partial charge < -0.3 is 9.15 Å². The summed E-state index contributed by atoms with van der Waals surface area (Å²) in [5.41, 5.74) is 5.87. The summed E-state index contributed by atoms with van der Waals surface area (Å²) in [6, 6.07) is 14.4. The van der Waals surface area contributed by atoms with Gasteiger partial charge in [0.15, 0.2) is 11.5 Å². The van der Waals surface area contributed by atoms with Crippen LogP contribution in [0.4, 0.5) is 17.3 Å². The monoisotopic (exact) mass is 305 g/mol. The molecule has 0 amide bonds. The molecule has 0 aliphatic carbocycles. The first-order valence-electron chi connectivity index (χ1n) is 7.80. The van der Waals surface area contributed by atoms with E-state index in [-0.39, 0.29) is 0 Å². The van der Waals surface area contributed by atoms with Gasteiger partial charge in [0.2, 0.25) is 5.88 Å². The van der Waals surface area contributed by atoms with E-state index in [1.54, 1.807) is 0 Å². The highest BCUT2D eigenvalue weighted by Crippen LogP contribution is 2.52. The summed E-state index contributed by atoms with van der Waals surface area (Å²) in [7, 11) is 0. The van der Waals surface area contributed by atoms with Crippen molar-refractivity contribution < 1.29 is 9.15 Å². The SMILES string of the molecule is Cc1cc(C)c(N2c3ccccc3Oc3cc(C)oc32)c(C)c1. The van der Waals surface area contributed by atoms with E-state index in [2.05, 4.69) is 43.9 Å². The highest BCUT2D eigenvalue weighted by atomic mass is 16.5. The third kappa shape index (κ3) is 2.12. The topological polar surface area (TPSA) is 25.6 Å². The van der Waals surface area contributed by atoms with Gasteiger partial charge in [-0.25, -0.2) is 0 Å². The van der Waals surface area contributed by atoms with Gasteiger partial charge in [-0.15, -0.1) is 0 Å². The van der Waals surface area contributed by atoms with Gasteiger partial charge in [0.1, 0.15) is 5.76 Å². The summed E-state index contributed by atoms with van der Waals surface area (Å²) in [5, 5.41) is 0. The zero-order valence-corrected chi connectivity index (χ0v) is 13.8. The van der Waals surface area contributed by atoms with Crippen LogP contribution in [-0.4, -0.2) is 0 Å². The second kappa shape index (κ2) is 4.92. The summed E-state index contributed by atoms with van der Waals surface area (Å²) in [6.45, 7) is 8.35. The largest absolute Gasteiger partial charge is 0.449 e. The predicted octanol–water partition coefficient (Wildman–Crippen LogP) is 6.09. The van der Waals surface area contributed by atoms with Crippen LogP contribution >= 0.6 is 0 Å². The molecule has 0 unspecified atom stereocenters. The van der Waals surface area contributed by atoms with Crippen LogP contribution in [0.25, 0.3) is 0 Å². The average molecular weight is 305 g/mol. The molecule has 4 rings (SSSR count). The van der Waals surface area contributed by atoms with Gasteiger partial charge in [0.05, 0.1) is 11.4 Å². The van der Waals surface area contributed by atoms with Crippen molar-refractivity contribution in [3.8, 4) is 11.5 Å². The molecule has 2 aromatic carbocycles. The number of para-hydroxylation sites is 2. The third-order valence-electron chi connectivity index (χ3n) is 4.19. The van der Waals surface area contributed by atoms with Crippen molar-refractivity contribution in [2.45, 2.75) is 27.7 Å². The Bertz CT molecular complexity index is 885. The number of anilines is 3. The van der Waals surface area contributed by atoms with Crippen LogP contribution in [0.15, 0.2) is 46.9 Å². The van der Waals surface area contributed by atoms with Crippen LogP contribution in [-0.2, 0) is 0 Å². The number of ether oxygens (including phenoxy) is 1. The normalized spacial score (nSPS) is 12.6. The Kier molecular flexibility index (Phi) is 2.98. The molecule has 0 saturated carbocycles. The molecule has 23 heavy (non-hydrogen) atoms. The molecule has 1 aliphatic heterocycles. The van der Waals surface area contributed by atoms with E-state index in [4.69, 9.17) is 9.15 Å². The number of hydrogen-bond acceptors (Lipinski definition) is 3. The Labute approximate surface area is 136 Å². The lowest BCUT2D eigenvalue weighted by atomic mass is 10.0. The fraction of sp³-hybridized carbons (Fsp3) is 0.200. The minimum atomic E-state index is 0.747. The highest BCUT2D eigenvalue weighted by Gasteiger charge is 2.31. The first kappa shape index (κ1) is 13.9. The highest BCUT2D eigenvalue weighted by molar-refractivity contribution is 5.86. The zero-order valence-electron chi connectivity index (χ0n) is 13.8. The molecule has 3 aromatic rings. The van der Waals surface area contributed by atoms with E-state index < -0.39 is 0 Å². The van der Waals surface area contributed by atoms with Gasteiger partial charge in [-0.1, -0.05) is 29.8 Å². The van der Waals surface area contributed by atoms with Crippen molar-refractivity contribution in [1.29, 1.82) is 0 Å².